The van der Waals surface area contributed by atoms with E-state index in [1.165, 1.54) is 25.3 Å². The third-order valence-corrected chi connectivity index (χ3v) is 6.18. The fourth-order valence-electron chi connectivity index (χ4n) is 4.23. The van der Waals surface area contributed by atoms with Crippen molar-refractivity contribution >= 4 is 11.6 Å². The van der Waals surface area contributed by atoms with Gasteiger partial charge in [-0.1, -0.05) is 18.6 Å². The average Bonchev–Trinajstić information content (AvgIpc) is 2.62. The lowest BCUT2D eigenvalue weighted by atomic mass is 9.91. The monoisotopic (exact) mass is 360 g/mol. The van der Waals surface area contributed by atoms with Crippen LogP contribution >= 0.6 is 0 Å². The highest BCUT2D eigenvalue weighted by Gasteiger charge is 2.30. The number of anilines is 1. The van der Waals surface area contributed by atoms with Crippen LogP contribution in [0.25, 0.3) is 0 Å². The van der Waals surface area contributed by atoms with E-state index in [1.807, 2.05) is 17.0 Å². The lowest BCUT2D eigenvalue weighted by molar-refractivity contribution is -0.134. The maximum atomic E-state index is 13.9. The van der Waals surface area contributed by atoms with Gasteiger partial charge in [-0.2, -0.15) is 0 Å². The number of hydrogen-bond donors (Lipinski definition) is 0. The fourth-order valence-corrected chi connectivity index (χ4v) is 4.23. The zero-order valence-electron chi connectivity index (χ0n) is 15.4. The van der Waals surface area contributed by atoms with Crippen molar-refractivity contribution in [2.45, 2.75) is 25.3 Å². The van der Waals surface area contributed by atoms with E-state index in [0.717, 1.165) is 58.4 Å². The molecule has 4 rings (SSSR count). The summed E-state index contributed by atoms with van der Waals surface area (Å²) in [7, 11) is 0. The molecule has 1 saturated carbocycles. The van der Waals surface area contributed by atoms with Gasteiger partial charge in [-0.05, 0) is 25.0 Å². The van der Waals surface area contributed by atoms with E-state index in [1.54, 1.807) is 6.07 Å². The van der Waals surface area contributed by atoms with Gasteiger partial charge in [-0.15, -0.1) is 0 Å². The van der Waals surface area contributed by atoms with Gasteiger partial charge < -0.3 is 9.80 Å². The zero-order chi connectivity index (χ0) is 17.9. The molecule has 3 fully saturated rings. The Morgan fingerprint density at radius 2 is 1.65 bits per heavy atom. The van der Waals surface area contributed by atoms with Crippen molar-refractivity contribution in [1.29, 1.82) is 0 Å². The summed E-state index contributed by atoms with van der Waals surface area (Å²) >= 11 is 0. The molecule has 1 aromatic rings. The molecule has 0 spiro atoms. The molecule has 2 saturated heterocycles. The number of carbonyl (C=O) groups excluding carboxylic acids is 1. The number of halogens is 1. The molecule has 3 aliphatic rings. The first-order chi connectivity index (χ1) is 12.7. The van der Waals surface area contributed by atoms with Crippen molar-refractivity contribution in [2.24, 2.45) is 0 Å². The third kappa shape index (κ3) is 3.86. The van der Waals surface area contributed by atoms with Crippen molar-refractivity contribution in [3.8, 4) is 0 Å². The molecule has 0 N–H and O–H groups in total. The summed E-state index contributed by atoms with van der Waals surface area (Å²) in [6.07, 6.45) is 4.03. The molecule has 0 radical (unpaired) electrons. The number of para-hydroxylation sites is 1. The molecule has 2 heterocycles. The van der Waals surface area contributed by atoms with Crippen LogP contribution in [0.2, 0.25) is 0 Å². The molecule has 0 atom stereocenters. The number of piperazine rings is 2. The minimum atomic E-state index is -0.165. The normalized spacial score (nSPS) is 23.1. The Bertz CT molecular complexity index is 620. The summed E-state index contributed by atoms with van der Waals surface area (Å²) in [4.78, 5) is 21.5. The van der Waals surface area contributed by atoms with Gasteiger partial charge in [0.25, 0.3) is 0 Å². The standard InChI is InChI=1S/C20H29FN4O/c21-18-6-1-2-7-19(18)24-10-8-22(9-11-24)16-20(26)25-14-12-23(13-15-25)17-4-3-5-17/h1-2,6-7,17H,3-5,8-16H2. The van der Waals surface area contributed by atoms with Crippen LogP contribution in [-0.4, -0.2) is 85.6 Å². The lowest BCUT2D eigenvalue weighted by Crippen LogP contribution is -2.56. The summed E-state index contributed by atoms with van der Waals surface area (Å²) in [5.41, 5.74) is 0.672. The average molecular weight is 360 g/mol. The largest absolute Gasteiger partial charge is 0.367 e. The summed E-state index contributed by atoms with van der Waals surface area (Å²) in [6.45, 7) is 7.43. The molecule has 1 aromatic carbocycles. The summed E-state index contributed by atoms with van der Waals surface area (Å²) in [5.74, 6) is 0.0824. The maximum Gasteiger partial charge on any atom is 0.236 e. The number of carbonyl (C=O) groups is 1. The van der Waals surface area contributed by atoms with Crippen LogP contribution in [0.3, 0.4) is 0 Å². The summed E-state index contributed by atoms with van der Waals surface area (Å²) in [5, 5.41) is 0. The van der Waals surface area contributed by atoms with E-state index < -0.39 is 0 Å². The van der Waals surface area contributed by atoms with E-state index in [2.05, 4.69) is 14.7 Å². The smallest absolute Gasteiger partial charge is 0.236 e. The van der Waals surface area contributed by atoms with Crippen LogP contribution < -0.4 is 4.90 Å². The third-order valence-electron chi connectivity index (χ3n) is 6.18. The number of rotatable bonds is 4. The first-order valence-corrected chi connectivity index (χ1v) is 9.94. The molecule has 5 nitrogen and oxygen atoms in total. The van der Waals surface area contributed by atoms with Gasteiger partial charge in [0.2, 0.25) is 5.91 Å². The van der Waals surface area contributed by atoms with E-state index >= 15 is 0 Å². The highest BCUT2D eigenvalue weighted by molar-refractivity contribution is 5.78. The molecule has 6 heteroatoms. The van der Waals surface area contributed by atoms with Gasteiger partial charge in [0.1, 0.15) is 5.82 Å². The molecular formula is C20H29FN4O. The topological polar surface area (TPSA) is 30.0 Å². The van der Waals surface area contributed by atoms with E-state index in [0.29, 0.717) is 12.2 Å². The number of benzene rings is 1. The lowest BCUT2D eigenvalue weighted by Gasteiger charge is -2.43. The number of hydrogen-bond acceptors (Lipinski definition) is 4. The molecule has 1 amide bonds. The minimum absolute atomic E-state index is 0.165. The maximum absolute atomic E-state index is 13.9. The van der Waals surface area contributed by atoms with Crippen LogP contribution in [0.1, 0.15) is 19.3 Å². The predicted molar refractivity (Wildman–Crippen MR) is 101 cm³/mol. The SMILES string of the molecule is O=C(CN1CCN(c2ccccc2F)CC1)N1CCN(C2CCC2)CC1. The van der Waals surface area contributed by atoms with Gasteiger partial charge in [-0.25, -0.2) is 4.39 Å². The predicted octanol–water partition coefficient (Wildman–Crippen LogP) is 1.64. The second-order valence-corrected chi connectivity index (χ2v) is 7.72. The Morgan fingerprint density at radius 3 is 2.27 bits per heavy atom. The van der Waals surface area contributed by atoms with E-state index in [4.69, 9.17) is 0 Å². The Balaban J connectivity index is 1.22. The van der Waals surface area contributed by atoms with Gasteiger partial charge in [0, 0.05) is 58.4 Å². The van der Waals surface area contributed by atoms with E-state index in [-0.39, 0.29) is 11.7 Å². The Kier molecular flexibility index (Phi) is 5.41. The minimum Gasteiger partial charge on any atom is -0.367 e. The molecular weight excluding hydrogens is 331 g/mol. The molecule has 1 aliphatic carbocycles. The number of nitrogens with zero attached hydrogens (tertiary/aromatic N) is 4. The molecule has 0 unspecified atom stereocenters. The first kappa shape index (κ1) is 17.7. The zero-order valence-corrected chi connectivity index (χ0v) is 15.4. The van der Waals surface area contributed by atoms with Crippen LogP contribution in [0.4, 0.5) is 10.1 Å². The highest BCUT2D eigenvalue weighted by atomic mass is 19.1. The van der Waals surface area contributed by atoms with E-state index in [9.17, 15) is 9.18 Å². The number of amides is 1. The first-order valence-electron chi connectivity index (χ1n) is 9.94. The second kappa shape index (κ2) is 7.92. The van der Waals surface area contributed by atoms with Crippen LogP contribution in [0, 0.1) is 5.82 Å². The van der Waals surface area contributed by atoms with Crippen molar-refractivity contribution in [3.63, 3.8) is 0 Å². The summed E-state index contributed by atoms with van der Waals surface area (Å²) < 4.78 is 13.9. The van der Waals surface area contributed by atoms with Gasteiger partial charge in [0.05, 0.1) is 12.2 Å². The Morgan fingerprint density at radius 1 is 0.962 bits per heavy atom. The van der Waals surface area contributed by atoms with Crippen LogP contribution in [-0.2, 0) is 4.79 Å². The molecule has 142 valence electrons. The highest BCUT2D eigenvalue weighted by Crippen LogP contribution is 2.25. The molecule has 26 heavy (non-hydrogen) atoms. The van der Waals surface area contributed by atoms with Crippen LogP contribution in [0.15, 0.2) is 24.3 Å². The molecule has 0 bridgehead atoms. The Labute approximate surface area is 155 Å². The Hall–Kier alpha value is -1.66. The van der Waals surface area contributed by atoms with Gasteiger partial charge >= 0.3 is 0 Å². The quantitative estimate of drug-likeness (QED) is 0.817. The summed E-state index contributed by atoms with van der Waals surface area (Å²) in [6, 6.07) is 7.71. The molecule has 2 aliphatic heterocycles. The second-order valence-electron chi connectivity index (χ2n) is 7.72. The fraction of sp³-hybridized carbons (Fsp3) is 0.650. The van der Waals surface area contributed by atoms with Crippen molar-refractivity contribution in [2.75, 3.05) is 63.8 Å². The van der Waals surface area contributed by atoms with Gasteiger partial charge in [0.15, 0.2) is 0 Å². The van der Waals surface area contributed by atoms with Crippen LogP contribution in [0.5, 0.6) is 0 Å². The van der Waals surface area contributed by atoms with Crippen molar-refractivity contribution in [3.05, 3.63) is 30.1 Å². The van der Waals surface area contributed by atoms with Crippen molar-refractivity contribution in [1.82, 2.24) is 14.7 Å². The molecule has 0 aromatic heterocycles. The van der Waals surface area contributed by atoms with Crippen molar-refractivity contribution < 1.29 is 9.18 Å². The van der Waals surface area contributed by atoms with Gasteiger partial charge in [-0.3, -0.25) is 14.6 Å².